The van der Waals surface area contributed by atoms with Crippen LogP contribution in [-0.4, -0.2) is 22.2 Å². The maximum absolute atomic E-state index is 12.3. The van der Waals surface area contributed by atoms with Gasteiger partial charge in [-0.1, -0.05) is 30.3 Å². The molecule has 152 valence electrons. The van der Waals surface area contributed by atoms with Crippen LogP contribution in [0.4, 0.5) is 0 Å². The van der Waals surface area contributed by atoms with E-state index in [2.05, 4.69) is 15.5 Å². The minimum atomic E-state index is -0.0660. The number of amides is 1. The zero-order valence-electron chi connectivity index (χ0n) is 17.1. The third-order valence-electron chi connectivity index (χ3n) is 4.41. The molecule has 6 heteroatoms. The predicted molar refractivity (Wildman–Crippen MR) is 111 cm³/mol. The van der Waals surface area contributed by atoms with Gasteiger partial charge in [0.05, 0.1) is 12.1 Å². The molecule has 0 aliphatic carbocycles. The van der Waals surface area contributed by atoms with Crippen LogP contribution in [0.2, 0.25) is 0 Å². The van der Waals surface area contributed by atoms with Gasteiger partial charge >= 0.3 is 0 Å². The second-order valence-corrected chi connectivity index (χ2v) is 7.25. The molecule has 29 heavy (non-hydrogen) atoms. The number of ether oxygens (including phenoxy) is 1. The van der Waals surface area contributed by atoms with E-state index in [1.54, 1.807) is 0 Å². The van der Waals surface area contributed by atoms with Crippen LogP contribution in [0.3, 0.4) is 0 Å². The summed E-state index contributed by atoms with van der Waals surface area (Å²) in [6, 6.07) is 17.4. The van der Waals surface area contributed by atoms with E-state index >= 15 is 0 Å². The summed E-state index contributed by atoms with van der Waals surface area (Å²) < 4.78 is 11.3. The lowest BCUT2D eigenvalue weighted by Crippen LogP contribution is -2.26. The molecule has 0 fully saturated rings. The average molecular weight is 393 g/mol. The van der Waals surface area contributed by atoms with Crippen LogP contribution in [0.25, 0.3) is 11.5 Å². The normalized spacial score (nSPS) is 12.0. The number of aryl methyl sites for hydroxylation is 1. The molecule has 0 bridgehead atoms. The van der Waals surface area contributed by atoms with Gasteiger partial charge in [0, 0.05) is 18.4 Å². The Bertz CT molecular complexity index is 905. The van der Waals surface area contributed by atoms with E-state index in [0.29, 0.717) is 31.0 Å². The standard InChI is InChI=1S/C23H27N3O3/c1-16(2)28-20-14-12-18(13-15-20)17(3)24-21(27)10-7-11-22-25-26-23(29-22)19-8-5-4-6-9-19/h4-6,8-9,12-17H,7,10-11H2,1-3H3,(H,24,27). The minimum Gasteiger partial charge on any atom is -0.491 e. The lowest BCUT2D eigenvalue weighted by molar-refractivity contribution is -0.121. The third-order valence-corrected chi connectivity index (χ3v) is 4.41. The van der Waals surface area contributed by atoms with Crippen LogP contribution < -0.4 is 10.1 Å². The molecule has 3 rings (SSSR count). The number of nitrogens with one attached hydrogen (secondary N) is 1. The van der Waals surface area contributed by atoms with Gasteiger partial charge in [0.25, 0.3) is 0 Å². The zero-order chi connectivity index (χ0) is 20.6. The maximum atomic E-state index is 12.3. The van der Waals surface area contributed by atoms with E-state index in [0.717, 1.165) is 16.9 Å². The van der Waals surface area contributed by atoms with E-state index in [9.17, 15) is 4.79 Å². The highest BCUT2D eigenvalue weighted by atomic mass is 16.5. The minimum absolute atomic E-state index is 0.00260. The van der Waals surface area contributed by atoms with Crippen molar-refractivity contribution in [1.29, 1.82) is 0 Å². The number of aromatic nitrogens is 2. The molecule has 0 saturated carbocycles. The maximum Gasteiger partial charge on any atom is 0.247 e. The highest BCUT2D eigenvalue weighted by Gasteiger charge is 2.12. The summed E-state index contributed by atoms with van der Waals surface area (Å²) in [7, 11) is 0. The Labute approximate surface area is 171 Å². The van der Waals surface area contributed by atoms with Gasteiger partial charge in [0.15, 0.2) is 0 Å². The first kappa shape index (κ1) is 20.6. The quantitative estimate of drug-likeness (QED) is 0.569. The first-order valence-corrected chi connectivity index (χ1v) is 9.95. The van der Waals surface area contributed by atoms with Gasteiger partial charge in [0.1, 0.15) is 5.75 Å². The summed E-state index contributed by atoms with van der Waals surface area (Å²) in [6.45, 7) is 5.96. The molecule has 2 aromatic carbocycles. The molecule has 0 saturated heterocycles. The molecule has 0 aliphatic heterocycles. The Balaban J connectivity index is 1.43. The van der Waals surface area contributed by atoms with E-state index in [1.165, 1.54) is 0 Å². The van der Waals surface area contributed by atoms with E-state index in [1.807, 2.05) is 75.4 Å². The van der Waals surface area contributed by atoms with Crippen molar-refractivity contribution in [3.8, 4) is 17.2 Å². The van der Waals surface area contributed by atoms with Crippen LogP contribution in [0.15, 0.2) is 59.0 Å². The number of rotatable bonds is 9. The molecule has 1 heterocycles. The number of hydrogen-bond acceptors (Lipinski definition) is 5. The number of carbonyl (C=O) groups is 1. The van der Waals surface area contributed by atoms with Gasteiger partial charge in [-0.15, -0.1) is 10.2 Å². The molecule has 1 N–H and O–H groups in total. The SMILES string of the molecule is CC(C)Oc1ccc(C(C)NC(=O)CCCc2nnc(-c3ccccc3)o2)cc1. The summed E-state index contributed by atoms with van der Waals surface area (Å²) in [5.74, 6) is 1.88. The highest BCUT2D eigenvalue weighted by molar-refractivity contribution is 5.76. The van der Waals surface area contributed by atoms with Crippen molar-refractivity contribution in [2.45, 2.75) is 52.2 Å². The molecule has 0 aliphatic rings. The highest BCUT2D eigenvalue weighted by Crippen LogP contribution is 2.20. The fourth-order valence-corrected chi connectivity index (χ4v) is 2.96. The fourth-order valence-electron chi connectivity index (χ4n) is 2.96. The lowest BCUT2D eigenvalue weighted by Gasteiger charge is -2.15. The molecule has 3 aromatic rings. The number of benzene rings is 2. The smallest absolute Gasteiger partial charge is 0.247 e. The topological polar surface area (TPSA) is 77.2 Å². The van der Waals surface area contributed by atoms with E-state index < -0.39 is 0 Å². The molecule has 1 aromatic heterocycles. The van der Waals surface area contributed by atoms with Crippen LogP contribution in [0.1, 0.15) is 51.1 Å². The van der Waals surface area contributed by atoms with Gasteiger partial charge in [-0.25, -0.2) is 0 Å². The van der Waals surface area contributed by atoms with Crippen molar-refractivity contribution in [2.24, 2.45) is 0 Å². The largest absolute Gasteiger partial charge is 0.491 e. The first-order valence-electron chi connectivity index (χ1n) is 9.95. The molecule has 1 unspecified atom stereocenters. The summed E-state index contributed by atoms with van der Waals surface area (Å²) >= 11 is 0. The molecule has 0 radical (unpaired) electrons. The molecular weight excluding hydrogens is 366 g/mol. The number of nitrogens with zero attached hydrogens (tertiary/aromatic N) is 2. The third kappa shape index (κ3) is 6.17. The van der Waals surface area contributed by atoms with Crippen molar-refractivity contribution in [3.63, 3.8) is 0 Å². The van der Waals surface area contributed by atoms with Crippen LogP contribution in [-0.2, 0) is 11.2 Å². The number of carbonyl (C=O) groups excluding carboxylic acids is 1. The number of hydrogen-bond donors (Lipinski definition) is 1. The van der Waals surface area contributed by atoms with Crippen molar-refractivity contribution in [1.82, 2.24) is 15.5 Å². The van der Waals surface area contributed by atoms with Gasteiger partial charge in [-0.2, -0.15) is 0 Å². The monoisotopic (exact) mass is 393 g/mol. The second kappa shape index (κ2) is 9.87. The molecule has 1 amide bonds. The van der Waals surface area contributed by atoms with Gasteiger partial charge in [-0.3, -0.25) is 4.79 Å². The Morgan fingerprint density at radius 2 is 1.76 bits per heavy atom. The summed E-state index contributed by atoms with van der Waals surface area (Å²) in [6.07, 6.45) is 1.77. The Morgan fingerprint density at radius 1 is 1.03 bits per heavy atom. The fraction of sp³-hybridized carbons (Fsp3) is 0.348. The first-order chi connectivity index (χ1) is 14.0. The van der Waals surface area contributed by atoms with Crippen LogP contribution >= 0.6 is 0 Å². The summed E-state index contributed by atoms with van der Waals surface area (Å²) in [5.41, 5.74) is 1.93. The lowest BCUT2D eigenvalue weighted by atomic mass is 10.1. The van der Waals surface area contributed by atoms with Crippen molar-refractivity contribution >= 4 is 5.91 Å². The Hall–Kier alpha value is -3.15. The molecule has 1 atom stereocenters. The van der Waals surface area contributed by atoms with Crippen LogP contribution in [0, 0.1) is 0 Å². The van der Waals surface area contributed by atoms with Crippen LogP contribution in [0.5, 0.6) is 5.75 Å². The Kier molecular flexibility index (Phi) is 7.00. The zero-order valence-corrected chi connectivity index (χ0v) is 17.1. The van der Waals surface area contributed by atoms with Crippen molar-refractivity contribution in [3.05, 3.63) is 66.1 Å². The summed E-state index contributed by atoms with van der Waals surface area (Å²) in [5, 5.41) is 11.2. The second-order valence-electron chi connectivity index (χ2n) is 7.25. The van der Waals surface area contributed by atoms with Crippen molar-refractivity contribution < 1.29 is 13.9 Å². The van der Waals surface area contributed by atoms with Gasteiger partial charge in [0.2, 0.25) is 17.7 Å². The van der Waals surface area contributed by atoms with Crippen molar-refractivity contribution in [2.75, 3.05) is 0 Å². The Morgan fingerprint density at radius 3 is 2.45 bits per heavy atom. The molecular formula is C23H27N3O3. The average Bonchev–Trinajstić information content (AvgIpc) is 3.17. The molecule has 0 spiro atoms. The van der Waals surface area contributed by atoms with Gasteiger partial charge in [-0.05, 0) is 57.0 Å². The summed E-state index contributed by atoms with van der Waals surface area (Å²) in [4.78, 5) is 12.3. The van der Waals surface area contributed by atoms with E-state index in [4.69, 9.17) is 9.15 Å². The molecule has 6 nitrogen and oxygen atoms in total. The van der Waals surface area contributed by atoms with E-state index in [-0.39, 0.29) is 18.1 Å². The predicted octanol–water partition coefficient (Wildman–Crippen LogP) is 4.72. The van der Waals surface area contributed by atoms with Gasteiger partial charge < -0.3 is 14.5 Å².